The Kier molecular flexibility index (Phi) is 5.46. The van der Waals surface area contributed by atoms with Gasteiger partial charge in [0.05, 0.1) is 12.8 Å². The van der Waals surface area contributed by atoms with Crippen LogP contribution in [0.2, 0.25) is 0 Å². The highest BCUT2D eigenvalue weighted by Crippen LogP contribution is 2.23. The van der Waals surface area contributed by atoms with Crippen molar-refractivity contribution in [3.63, 3.8) is 0 Å². The number of likely N-dealkylation sites (tertiary alicyclic amines) is 1. The van der Waals surface area contributed by atoms with Crippen molar-refractivity contribution in [2.24, 2.45) is 0 Å². The number of hydrogen-bond acceptors (Lipinski definition) is 3. The molecule has 1 aliphatic rings. The topological polar surface area (TPSA) is 25.4 Å². The summed E-state index contributed by atoms with van der Waals surface area (Å²) in [6, 6.07) is 4.62. The molecule has 0 spiro atoms. The third-order valence-corrected chi connectivity index (χ3v) is 3.99. The van der Waals surface area contributed by atoms with Crippen LogP contribution in [0.1, 0.15) is 37.1 Å². The molecule has 1 aromatic rings. The minimum Gasteiger partial charge on any atom is -0.497 e. The van der Waals surface area contributed by atoms with Gasteiger partial charge < -0.3 is 4.74 Å². The Morgan fingerprint density at radius 3 is 3.00 bits per heavy atom. The van der Waals surface area contributed by atoms with Crippen LogP contribution in [-0.4, -0.2) is 35.5 Å². The lowest BCUT2D eigenvalue weighted by Gasteiger charge is -2.35. The lowest BCUT2D eigenvalue weighted by atomic mass is 10.00. The molecule has 1 aliphatic heterocycles. The minimum atomic E-state index is 0.611. The monoisotopic (exact) mass is 282 g/mol. The second kappa shape index (κ2) is 7.11. The zero-order chi connectivity index (χ0) is 13.7. The number of aryl methyl sites for hydroxylation is 1. The molecule has 1 unspecified atom stereocenters. The van der Waals surface area contributed by atoms with E-state index >= 15 is 0 Å². The van der Waals surface area contributed by atoms with Crippen LogP contribution in [0.4, 0.5) is 0 Å². The molecule has 0 saturated carbocycles. The Labute approximate surface area is 120 Å². The fourth-order valence-electron chi connectivity index (χ4n) is 2.83. The van der Waals surface area contributed by atoms with Crippen LogP contribution in [0.15, 0.2) is 12.1 Å². The molecule has 4 heteroatoms. The number of nitrogens with zero attached hydrogens (tertiary/aromatic N) is 2. The molecule has 2 rings (SSSR count). The van der Waals surface area contributed by atoms with E-state index in [2.05, 4.69) is 9.88 Å². The number of halogens is 1. The molecular formula is C15H23ClN2O. The van der Waals surface area contributed by atoms with E-state index < -0.39 is 0 Å². The van der Waals surface area contributed by atoms with E-state index in [1.807, 2.05) is 19.1 Å². The van der Waals surface area contributed by atoms with Crippen LogP contribution >= 0.6 is 11.6 Å². The summed E-state index contributed by atoms with van der Waals surface area (Å²) < 4.78 is 5.32. The van der Waals surface area contributed by atoms with Crippen molar-refractivity contribution in [3.05, 3.63) is 23.5 Å². The average Bonchev–Trinajstić information content (AvgIpc) is 2.40. The number of alkyl halides is 1. The van der Waals surface area contributed by atoms with Gasteiger partial charge in [0.2, 0.25) is 0 Å². The normalized spacial score (nSPS) is 20.5. The number of methoxy groups -OCH3 is 1. The first kappa shape index (κ1) is 14.6. The maximum Gasteiger partial charge on any atom is 0.122 e. The SMILES string of the molecule is COc1cc(C)nc(CN2CCCCC2CCCl)c1. The highest BCUT2D eigenvalue weighted by molar-refractivity contribution is 6.17. The number of hydrogen-bond donors (Lipinski definition) is 0. The molecular weight excluding hydrogens is 260 g/mol. The number of pyridine rings is 1. The Balaban J connectivity index is 2.07. The van der Waals surface area contributed by atoms with E-state index in [-0.39, 0.29) is 0 Å². The predicted molar refractivity (Wildman–Crippen MR) is 78.9 cm³/mol. The van der Waals surface area contributed by atoms with Crippen molar-refractivity contribution >= 4 is 11.6 Å². The van der Waals surface area contributed by atoms with Gasteiger partial charge in [-0.15, -0.1) is 11.6 Å². The zero-order valence-electron chi connectivity index (χ0n) is 11.9. The summed E-state index contributed by atoms with van der Waals surface area (Å²) in [5, 5.41) is 0. The van der Waals surface area contributed by atoms with Crippen LogP contribution in [-0.2, 0) is 6.54 Å². The van der Waals surface area contributed by atoms with Gasteiger partial charge in [-0.1, -0.05) is 6.42 Å². The maximum atomic E-state index is 5.91. The molecule has 0 aliphatic carbocycles. The Hall–Kier alpha value is -0.800. The molecule has 1 aromatic heterocycles. The Bertz CT molecular complexity index is 409. The summed E-state index contributed by atoms with van der Waals surface area (Å²) in [4.78, 5) is 7.14. The summed E-state index contributed by atoms with van der Waals surface area (Å²) in [7, 11) is 1.70. The zero-order valence-corrected chi connectivity index (χ0v) is 12.6. The molecule has 0 bridgehead atoms. The van der Waals surface area contributed by atoms with Crippen molar-refractivity contribution in [3.8, 4) is 5.75 Å². The van der Waals surface area contributed by atoms with Gasteiger partial charge in [-0.3, -0.25) is 9.88 Å². The molecule has 1 saturated heterocycles. The molecule has 1 fully saturated rings. The van der Waals surface area contributed by atoms with Crippen molar-refractivity contribution < 1.29 is 4.74 Å². The van der Waals surface area contributed by atoms with E-state index in [9.17, 15) is 0 Å². The largest absolute Gasteiger partial charge is 0.497 e. The number of piperidine rings is 1. The molecule has 0 amide bonds. The molecule has 3 nitrogen and oxygen atoms in total. The molecule has 0 aromatic carbocycles. The van der Waals surface area contributed by atoms with Crippen LogP contribution in [0.25, 0.3) is 0 Å². The van der Waals surface area contributed by atoms with Gasteiger partial charge in [-0.05, 0) is 32.7 Å². The van der Waals surface area contributed by atoms with Gasteiger partial charge >= 0.3 is 0 Å². The molecule has 1 atom stereocenters. The number of aromatic nitrogens is 1. The summed E-state index contributed by atoms with van der Waals surface area (Å²) >= 11 is 5.91. The summed E-state index contributed by atoms with van der Waals surface area (Å²) in [5.41, 5.74) is 2.11. The molecule has 2 heterocycles. The first-order valence-corrected chi connectivity index (χ1v) is 7.58. The molecule has 106 valence electrons. The lowest BCUT2D eigenvalue weighted by Crippen LogP contribution is -2.39. The highest BCUT2D eigenvalue weighted by atomic mass is 35.5. The van der Waals surface area contributed by atoms with Crippen molar-refractivity contribution in [2.75, 3.05) is 19.5 Å². The number of ether oxygens (including phenoxy) is 1. The van der Waals surface area contributed by atoms with Crippen molar-refractivity contribution in [2.45, 2.75) is 45.2 Å². The third kappa shape index (κ3) is 4.08. The lowest BCUT2D eigenvalue weighted by molar-refractivity contribution is 0.135. The maximum absolute atomic E-state index is 5.91. The van der Waals surface area contributed by atoms with Gasteiger partial charge in [0.1, 0.15) is 5.75 Å². The fraction of sp³-hybridized carbons (Fsp3) is 0.667. The van der Waals surface area contributed by atoms with Gasteiger partial charge in [-0.25, -0.2) is 0 Å². The fourth-order valence-corrected chi connectivity index (χ4v) is 3.08. The second-order valence-corrected chi connectivity index (χ2v) is 5.62. The highest BCUT2D eigenvalue weighted by Gasteiger charge is 2.22. The third-order valence-electron chi connectivity index (χ3n) is 3.77. The summed E-state index contributed by atoms with van der Waals surface area (Å²) in [6.07, 6.45) is 4.94. The van der Waals surface area contributed by atoms with E-state index in [0.29, 0.717) is 6.04 Å². The molecule has 19 heavy (non-hydrogen) atoms. The summed E-state index contributed by atoms with van der Waals surface area (Å²) in [6.45, 7) is 4.07. The standard InChI is InChI=1S/C15H23ClN2O/c1-12-9-15(19-2)10-13(17-12)11-18-8-4-3-5-14(18)6-7-16/h9-10,14H,3-8,11H2,1-2H3. The number of rotatable bonds is 5. The summed E-state index contributed by atoms with van der Waals surface area (Å²) in [5.74, 6) is 1.64. The van der Waals surface area contributed by atoms with Gasteiger partial charge in [0.25, 0.3) is 0 Å². The van der Waals surface area contributed by atoms with E-state index in [1.54, 1.807) is 7.11 Å². The Morgan fingerprint density at radius 2 is 2.26 bits per heavy atom. The predicted octanol–water partition coefficient (Wildman–Crippen LogP) is 3.38. The first-order chi connectivity index (χ1) is 9.22. The smallest absolute Gasteiger partial charge is 0.122 e. The molecule has 0 N–H and O–H groups in total. The Morgan fingerprint density at radius 1 is 1.42 bits per heavy atom. The quantitative estimate of drug-likeness (QED) is 0.774. The average molecular weight is 283 g/mol. The minimum absolute atomic E-state index is 0.611. The first-order valence-electron chi connectivity index (χ1n) is 7.04. The van der Waals surface area contributed by atoms with Crippen LogP contribution in [0.3, 0.4) is 0 Å². The van der Waals surface area contributed by atoms with Gasteiger partial charge in [-0.2, -0.15) is 0 Å². The van der Waals surface area contributed by atoms with Crippen LogP contribution in [0, 0.1) is 6.92 Å². The van der Waals surface area contributed by atoms with Crippen LogP contribution < -0.4 is 4.74 Å². The van der Waals surface area contributed by atoms with Crippen molar-refractivity contribution in [1.29, 1.82) is 0 Å². The van der Waals surface area contributed by atoms with Gasteiger partial charge in [0, 0.05) is 36.3 Å². The van der Waals surface area contributed by atoms with E-state index in [0.717, 1.165) is 42.5 Å². The second-order valence-electron chi connectivity index (χ2n) is 5.24. The van der Waals surface area contributed by atoms with Crippen molar-refractivity contribution in [1.82, 2.24) is 9.88 Å². The van der Waals surface area contributed by atoms with E-state index in [4.69, 9.17) is 16.3 Å². The van der Waals surface area contributed by atoms with Crippen LogP contribution in [0.5, 0.6) is 5.75 Å². The van der Waals surface area contributed by atoms with Gasteiger partial charge in [0.15, 0.2) is 0 Å². The molecule has 0 radical (unpaired) electrons. The van der Waals surface area contributed by atoms with E-state index in [1.165, 1.54) is 19.3 Å².